The lowest BCUT2D eigenvalue weighted by Crippen LogP contribution is -3.05. The average Bonchev–Trinajstić information content (AvgIpc) is 2.58. The van der Waals surface area contributed by atoms with Crippen LogP contribution in [0, 0.1) is 0 Å². The molecule has 0 atom stereocenters. The van der Waals surface area contributed by atoms with Gasteiger partial charge in [0.05, 0.1) is 33.4 Å². The highest BCUT2D eigenvalue weighted by atomic mass is 32.1. The Morgan fingerprint density at radius 3 is 2.57 bits per heavy atom. The summed E-state index contributed by atoms with van der Waals surface area (Å²) in [7, 11) is 6.08. The molecule has 1 aromatic rings. The summed E-state index contributed by atoms with van der Waals surface area (Å²) in [6, 6.07) is 8.20. The largest absolute Gasteiger partial charge is 0.495 e. The second-order valence-electron chi connectivity index (χ2n) is 6.19. The average molecular weight is 338 g/mol. The van der Waals surface area contributed by atoms with Crippen molar-refractivity contribution in [2.24, 2.45) is 0 Å². The summed E-state index contributed by atoms with van der Waals surface area (Å²) in [5.74, 6) is 0.938. The van der Waals surface area contributed by atoms with E-state index in [1.807, 2.05) is 12.1 Å². The van der Waals surface area contributed by atoms with Crippen molar-refractivity contribution < 1.29 is 9.64 Å². The summed E-state index contributed by atoms with van der Waals surface area (Å²) < 4.78 is 5.46. The van der Waals surface area contributed by atoms with Crippen molar-refractivity contribution in [2.45, 2.75) is 6.42 Å². The van der Waals surface area contributed by atoms with Gasteiger partial charge in [0.25, 0.3) is 0 Å². The lowest BCUT2D eigenvalue weighted by atomic mass is 10.2. The van der Waals surface area contributed by atoms with Crippen LogP contribution in [0.3, 0.4) is 0 Å². The Morgan fingerprint density at radius 1 is 1.22 bits per heavy atom. The molecule has 1 saturated heterocycles. The van der Waals surface area contributed by atoms with Crippen LogP contribution in [0.4, 0.5) is 5.69 Å². The molecular weight excluding hydrogens is 308 g/mol. The number of anilines is 1. The van der Waals surface area contributed by atoms with Gasteiger partial charge in [-0.2, -0.15) is 0 Å². The van der Waals surface area contributed by atoms with Crippen LogP contribution in [0.15, 0.2) is 24.3 Å². The number of piperazine rings is 1. The van der Waals surface area contributed by atoms with E-state index in [9.17, 15) is 0 Å². The molecule has 0 saturated carbocycles. The SMILES string of the molecule is COc1ccccc1N1CCN(C(=S)NCCC[NH+](C)C)CC1. The van der Waals surface area contributed by atoms with Crippen molar-refractivity contribution in [1.29, 1.82) is 0 Å². The molecule has 1 aliphatic rings. The summed E-state index contributed by atoms with van der Waals surface area (Å²) in [6.45, 7) is 5.94. The number of nitrogens with one attached hydrogen (secondary N) is 2. The van der Waals surface area contributed by atoms with Crippen molar-refractivity contribution in [3.63, 3.8) is 0 Å². The Labute approximate surface area is 145 Å². The van der Waals surface area contributed by atoms with Crippen LogP contribution in [0.25, 0.3) is 0 Å². The molecule has 2 N–H and O–H groups in total. The minimum Gasteiger partial charge on any atom is -0.495 e. The lowest BCUT2D eigenvalue weighted by molar-refractivity contribution is -0.858. The number of hydrogen-bond donors (Lipinski definition) is 2. The van der Waals surface area contributed by atoms with Gasteiger partial charge in [-0.3, -0.25) is 0 Å². The summed E-state index contributed by atoms with van der Waals surface area (Å²) in [6.07, 6.45) is 1.14. The standard InChI is InChI=1S/C17H28N4OS/c1-19(2)10-6-9-18-17(23)21-13-11-20(12-14-21)15-7-4-5-8-16(15)22-3/h4-5,7-8H,6,9-14H2,1-3H3,(H,18,23)/p+1. The van der Waals surface area contributed by atoms with Crippen LogP contribution in [0.2, 0.25) is 0 Å². The molecule has 0 spiro atoms. The first-order valence-electron chi connectivity index (χ1n) is 8.31. The summed E-state index contributed by atoms with van der Waals surface area (Å²) in [5, 5.41) is 4.27. The van der Waals surface area contributed by atoms with E-state index < -0.39 is 0 Å². The highest BCUT2D eigenvalue weighted by Crippen LogP contribution is 2.28. The minimum atomic E-state index is 0.887. The number of para-hydroxylation sites is 2. The molecule has 0 radical (unpaired) electrons. The third-order valence-corrected chi connectivity index (χ3v) is 4.53. The third-order valence-electron chi connectivity index (χ3n) is 4.12. The summed E-state index contributed by atoms with van der Waals surface area (Å²) >= 11 is 5.52. The molecule has 1 aromatic carbocycles. The van der Waals surface area contributed by atoms with Gasteiger partial charge in [-0.15, -0.1) is 0 Å². The summed E-state index contributed by atoms with van der Waals surface area (Å²) in [4.78, 5) is 6.11. The Hall–Kier alpha value is -1.53. The van der Waals surface area contributed by atoms with E-state index in [0.717, 1.165) is 56.6 Å². The number of nitrogens with zero attached hydrogens (tertiary/aromatic N) is 2. The van der Waals surface area contributed by atoms with Gasteiger partial charge in [-0.05, 0) is 24.4 Å². The Kier molecular flexibility index (Phi) is 6.92. The molecule has 1 fully saturated rings. The topological polar surface area (TPSA) is 32.2 Å². The van der Waals surface area contributed by atoms with Crippen molar-refractivity contribution in [2.75, 3.05) is 65.4 Å². The molecule has 0 amide bonds. The van der Waals surface area contributed by atoms with Crippen LogP contribution in [-0.4, -0.2) is 70.5 Å². The van der Waals surface area contributed by atoms with Crippen molar-refractivity contribution in [3.05, 3.63) is 24.3 Å². The van der Waals surface area contributed by atoms with Crippen LogP contribution in [-0.2, 0) is 0 Å². The molecule has 0 aliphatic carbocycles. The van der Waals surface area contributed by atoms with Crippen LogP contribution < -0.4 is 19.9 Å². The van der Waals surface area contributed by atoms with Gasteiger partial charge in [-0.1, -0.05) is 12.1 Å². The number of quaternary nitrogens is 1. The fraction of sp³-hybridized carbons (Fsp3) is 0.588. The van der Waals surface area contributed by atoms with Gasteiger partial charge in [0.2, 0.25) is 0 Å². The summed E-state index contributed by atoms with van der Waals surface area (Å²) in [5.41, 5.74) is 1.17. The first-order valence-corrected chi connectivity index (χ1v) is 8.72. The van der Waals surface area contributed by atoms with Gasteiger partial charge in [-0.25, -0.2) is 0 Å². The molecular formula is C17H29N4OS+. The van der Waals surface area contributed by atoms with E-state index in [2.05, 4.69) is 41.3 Å². The van der Waals surface area contributed by atoms with Crippen LogP contribution in [0.5, 0.6) is 5.75 Å². The van der Waals surface area contributed by atoms with E-state index in [-0.39, 0.29) is 0 Å². The minimum absolute atomic E-state index is 0.887. The normalized spacial score (nSPS) is 15.0. The molecule has 23 heavy (non-hydrogen) atoms. The van der Waals surface area contributed by atoms with Crippen molar-refractivity contribution in [3.8, 4) is 5.75 Å². The monoisotopic (exact) mass is 337 g/mol. The van der Waals surface area contributed by atoms with E-state index in [1.165, 1.54) is 10.6 Å². The Balaban J connectivity index is 1.78. The maximum atomic E-state index is 5.52. The number of methoxy groups -OCH3 is 1. The molecule has 2 rings (SSSR count). The molecule has 5 nitrogen and oxygen atoms in total. The molecule has 0 bridgehead atoms. The third kappa shape index (κ3) is 5.25. The first-order chi connectivity index (χ1) is 11.1. The van der Waals surface area contributed by atoms with Crippen LogP contribution in [0.1, 0.15) is 6.42 Å². The quantitative estimate of drug-likeness (QED) is 0.573. The number of rotatable bonds is 6. The van der Waals surface area contributed by atoms with E-state index in [1.54, 1.807) is 7.11 Å². The second-order valence-corrected chi connectivity index (χ2v) is 6.58. The Morgan fingerprint density at radius 2 is 1.91 bits per heavy atom. The van der Waals surface area contributed by atoms with Gasteiger partial charge in [0, 0.05) is 39.1 Å². The van der Waals surface area contributed by atoms with Gasteiger partial charge >= 0.3 is 0 Å². The fourth-order valence-electron chi connectivity index (χ4n) is 2.79. The predicted octanol–water partition coefficient (Wildman–Crippen LogP) is 0.226. The number of benzene rings is 1. The molecule has 1 heterocycles. The predicted molar refractivity (Wildman–Crippen MR) is 99.7 cm³/mol. The highest BCUT2D eigenvalue weighted by molar-refractivity contribution is 7.80. The molecule has 6 heteroatoms. The van der Waals surface area contributed by atoms with Gasteiger partial charge in [0.1, 0.15) is 5.75 Å². The molecule has 1 aliphatic heterocycles. The zero-order chi connectivity index (χ0) is 16.7. The second kappa shape index (κ2) is 8.93. The molecule has 0 aromatic heterocycles. The van der Waals surface area contributed by atoms with Crippen molar-refractivity contribution in [1.82, 2.24) is 10.2 Å². The molecule has 128 valence electrons. The van der Waals surface area contributed by atoms with Gasteiger partial charge in [0.15, 0.2) is 5.11 Å². The first kappa shape index (κ1) is 17.8. The smallest absolute Gasteiger partial charge is 0.169 e. The van der Waals surface area contributed by atoms with Crippen molar-refractivity contribution >= 4 is 23.0 Å². The zero-order valence-corrected chi connectivity index (χ0v) is 15.3. The van der Waals surface area contributed by atoms with E-state index in [4.69, 9.17) is 17.0 Å². The van der Waals surface area contributed by atoms with E-state index in [0.29, 0.717) is 0 Å². The highest BCUT2D eigenvalue weighted by Gasteiger charge is 2.20. The maximum Gasteiger partial charge on any atom is 0.169 e. The molecule has 0 unspecified atom stereocenters. The number of hydrogen-bond acceptors (Lipinski definition) is 3. The maximum absolute atomic E-state index is 5.52. The lowest BCUT2D eigenvalue weighted by Gasteiger charge is -2.37. The fourth-order valence-corrected chi connectivity index (χ4v) is 3.08. The Bertz CT molecular complexity index is 501. The zero-order valence-electron chi connectivity index (χ0n) is 14.5. The van der Waals surface area contributed by atoms with Gasteiger partial charge < -0.3 is 24.8 Å². The number of thiocarbonyl (C=S) groups is 1. The van der Waals surface area contributed by atoms with Crippen LogP contribution >= 0.6 is 12.2 Å². The number of ether oxygens (including phenoxy) is 1. The van der Waals surface area contributed by atoms with E-state index >= 15 is 0 Å².